The number of amides is 1. The Balaban J connectivity index is 1.55. The first-order chi connectivity index (χ1) is 17.1. The third kappa shape index (κ3) is 6.16. The fourth-order valence-corrected chi connectivity index (χ4v) is 4.78. The van der Waals surface area contributed by atoms with Crippen LogP contribution in [0.15, 0.2) is 12.5 Å². The number of halogens is 6. The van der Waals surface area contributed by atoms with Crippen molar-refractivity contribution in [3.63, 3.8) is 0 Å². The Morgan fingerprint density at radius 1 is 1.08 bits per heavy atom. The molecule has 0 aromatic carbocycles. The molecule has 0 aliphatic carbocycles. The molecule has 2 aromatic rings. The molecule has 8 nitrogen and oxygen atoms in total. The van der Waals surface area contributed by atoms with Gasteiger partial charge in [-0.1, -0.05) is 0 Å². The van der Waals surface area contributed by atoms with E-state index in [0.29, 0.717) is 31.8 Å². The minimum absolute atomic E-state index is 0.0828. The smallest absolute Gasteiger partial charge is 0.356 e. The minimum atomic E-state index is -4.66. The molecule has 37 heavy (non-hydrogen) atoms. The molecule has 4 rings (SSSR count). The summed E-state index contributed by atoms with van der Waals surface area (Å²) in [6.07, 6.45) is -7.13. The Kier molecular flexibility index (Phi) is 7.16. The average Bonchev–Trinajstić information content (AvgIpc) is 3.21. The maximum Gasteiger partial charge on any atom is 0.434 e. The lowest BCUT2D eigenvalue weighted by Crippen LogP contribution is -2.39. The molecule has 2 aliphatic heterocycles. The summed E-state index contributed by atoms with van der Waals surface area (Å²) in [7, 11) is 0. The maximum atomic E-state index is 13.8. The Morgan fingerprint density at radius 2 is 1.76 bits per heavy atom. The molecule has 1 atom stereocenters. The van der Waals surface area contributed by atoms with E-state index in [-0.39, 0.29) is 41.7 Å². The van der Waals surface area contributed by atoms with Gasteiger partial charge in [0.2, 0.25) is 5.91 Å². The fourth-order valence-electron chi connectivity index (χ4n) is 4.78. The summed E-state index contributed by atoms with van der Waals surface area (Å²) in [5.41, 5.74) is -1.35. The molecule has 14 heteroatoms. The van der Waals surface area contributed by atoms with Crippen molar-refractivity contribution >= 4 is 17.5 Å². The third-order valence-electron chi connectivity index (χ3n) is 6.52. The van der Waals surface area contributed by atoms with Crippen LogP contribution in [0.25, 0.3) is 0 Å². The van der Waals surface area contributed by atoms with Crippen molar-refractivity contribution in [3.8, 4) is 0 Å². The lowest BCUT2D eigenvalue weighted by molar-refractivity contribution is -0.156. The molecule has 0 unspecified atom stereocenters. The van der Waals surface area contributed by atoms with Gasteiger partial charge in [-0.2, -0.15) is 26.3 Å². The summed E-state index contributed by atoms with van der Waals surface area (Å²) in [5, 5.41) is 5.64. The third-order valence-corrected chi connectivity index (χ3v) is 6.52. The number of rotatable bonds is 5. The number of imidazole rings is 1. The Morgan fingerprint density at radius 3 is 2.35 bits per heavy atom. The number of fused-ring (bicyclic) bond motifs is 1. The van der Waals surface area contributed by atoms with E-state index in [2.05, 4.69) is 25.6 Å². The first kappa shape index (κ1) is 27.1. The van der Waals surface area contributed by atoms with E-state index in [4.69, 9.17) is 0 Å². The second-order valence-corrected chi connectivity index (χ2v) is 10.4. The van der Waals surface area contributed by atoms with Gasteiger partial charge in [-0.25, -0.2) is 15.0 Å². The van der Waals surface area contributed by atoms with Gasteiger partial charge in [-0.05, 0) is 33.6 Å². The second kappa shape index (κ2) is 9.76. The van der Waals surface area contributed by atoms with E-state index >= 15 is 0 Å². The van der Waals surface area contributed by atoms with Crippen molar-refractivity contribution < 1.29 is 31.1 Å². The van der Waals surface area contributed by atoms with Crippen molar-refractivity contribution in [1.82, 2.24) is 24.8 Å². The minimum Gasteiger partial charge on any atom is -0.356 e. The molecule has 0 spiro atoms. The van der Waals surface area contributed by atoms with Gasteiger partial charge in [0.05, 0.1) is 11.5 Å². The van der Waals surface area contributed by atoms with E-state index < -0.39 is 36.3 Å². The van der Waals surface area contributed by atoms with Crippen LogP contribution in [0, 0.1) is 0 Å². The molecule has 1 fully saturated rings. The first-order valence-electron chi connectivity index (χ1n) is 12.0. The highest BCUT2D eigenvalue weighted by Crippen LogP contribution is 2.46. The van der Waals surface area contributed by atoms with Crippen LogP contribution >= 0.6 is 0 Å². The van der Waals surface area contributed by atoms with Crippen LogP contribution in [0.2, 0.25) is 0 Å². The Labute approximate surface area is 209 Å². The summed E-state index contributed by atoms with van der Waals surface area (Å²) in [5.74, 6) is -2.88. The van der Waals surface area contributed by atoms with Gasteiger partial charge in [0.15, 0.2) is 5.69 Å². The van der Waals surface area contributed by atoms with Crippen LogP contribution in [0.5, 0.6) is 0 Å². The number of nitrogens with one attached hydrogen (secondary N) is 2. The number of carbonyl (C=O) groups is 1. The van der Waals surface area contributed by atoms with Gasteiger partial charge in [0.1, 0.15) is 23.8 Å². The van der Waals surface area contributed by atoms with Crippen molar-refractivity contribution in [3.05, 3.63) is 29.6 Å². The van der Waals surface area contributed by atoms with Crippen molar-refractivity contribution in [2.24, 2.45) is 0 Å². The Bertz CT molecular complexity index is 1130. The highest BCUT2D eigenvalue weighted by molar-refractivity contribution is 5.94. The van der Waals surface area contributed by atoms with Crippen LogP contribution in [0.4, 0.5) is 38.0 Å². The van der Waals surface area contributed by atoms with Crippen molar-refractivity contribution in [2.75, 3.05) is 29.9 Å². The number of hydrogen-bond donors (Lipinski definition) is 2. The second-order valence-electron chi connectivity index (χ2n) is 10.4. The van der Waals surface area contributed by atoms with E-state index in [1.165, 1.54) is 4.57 Å². The van der Waals surface area contributed by atoms with Gasteiger partial charge in [0, 0.05) is 50.3 Å². The number of carbonyl (C=O) groups excluding carboxylic acids is 1. The van der Waals surface area contributed by atoms with Crippen LogP contribution < -0.4 is 15.5 Å². The van der Waals surface area contributed by atoms with Gasteiger partial charge >= 0.3 is 12.4 Å². The van der Waals surface area contributed by atoms with Crippen LogP contribution in [0.3, 0.4) is 0 Å². The van der Waals surface area contributed by atoms with Crippen LogP contribution in [-0.2, 0) is 17.5 Å². The summed E-state index contributed by atoms with van der Waals surface area (Å²) in [6.45, 7) is 7.14. The monoisotopic (exact) mass is 533 g/mol. The number of aromatic nitrogens is 4. The molecule has 0 radical (unpaired) electrons. The first-order valence-corrected chi connectivity index (χ1v) is 12.0. The zero-order chi connectivity index (χ0) is 27.2. The van der Waals surface area contributed by atoms with E-state index in [1.54, 1.807) is 4.90 Å². The zero-order valence-electron chi connectivity index (χ0n) is 20.7. The summed E-state index contributed by atoms with van der Waals surface area (Å²) in [4.78, 5) is 25.4. The van der Waals surface area contributed by atoms with Crippen molar-refractivity contribution in [2.45, 2.75) is 76.3 Å². The molecule has 2 aliphatic rings. The van der Waals surface area contributed by atoms with E-state index in [1.807, 2.05) is 20.8 Å². The maximum absolute atomic E-state index is 13.8. The SMILES string of the molecule is CC(C)(C)NCCn1cc(C(F)(F)F)nc1C1CCN(c2ncnc3c2[C@H](C(F)(F)F)CC(=O)N3)CC1. The molecule has 0 saturated carbocycles. The number of nitrogens with zero attached hydrogens (tertiary/aromatic N) is 5. The number of anilines is 2. The zero-order valence-corrected chi connectivity index (χ0v) is 20.7. The molecule has 204 valence electrons. The standard InChI is InChI=1S/C23H29F6N7O/c1-21(2,3)32-6-9-36-11-15(23(27,28)29)33-19(36)13-4-7-35(8-5-13)20-17-14(22(24,25)26)10-16(37)34-18(17)30-12-31-20/h11-14,32H,4-10H2,1-3H3,(H,30,31,34,37)/t14-/m1/s1. The molecular weight excluding hydrogens is 504 g/mol. The number of piperidine rings is 1. The molecule has 1 saturated heterocycles. The van der Waals surface area contributed by atoms with Gasteiger partial charge < -0.3 is 20.1 Å². The predicted octanol–water partition coefficient (Wildman–Crippen LogP) is 4.45. The van der Waals surface area contributed by atoms with Crippen LogP contribution in [-0.4, -0.2) is 56.8 Å². The lowest BCUT2D eigenvalue weighted by Gasteiger charge is -2.36. The van der Waals surface area contributed by atoms with Gasteiger partial charge in [-0.15, -0.1) is 0 Å². The molecule has 0 bridgehead atoms. The summed E-state index contributed by atoms with van der Waals surface area (Å²) >= 11 is 0. The molecular formula is C23H29F6N7O. The number of hydrogen-bond acceptors (Lipinski definition) is 6. The largest absolute Gasteiger partial charge is 0.434 e. The predicted molar refractivity (Wildman–Crippen MR) is 123 cm³/mol. The Hall–Kier alpha value is -2.90. The quantitative estimate of drug-likeness (QED) is 0.553. The highest BCUT2D eigenvalue weighted by atomic mass is 19.4. The van der Waals surface area contributed by atoms with Gasteiger partial charge in [-0.3, -0.25) is 4.79 Å². The summed E-state index contributed by atoms with van der Waals surface area (Å²) < 4.78 is 83.1. The van der Waals surface area contributed by atoms with E-state index in [0.717, 1.165) is 12.5 Å². The summed E-state index contributed by atoms with van der Waals surface area (Å²) in [6, 6.07) is 0. The topological polar surface area (TPSA) is 88.0 Å². The van der Waals surface area contributed by atoms with E-state index in [9.17, 15) is 31.1 Å². The number of alkyl halides is 6. The average molecular weight is 534 g/mol. The van der Waals surface area contributed by atoms with Crippen LogP contribution in [0.1, 0.15) is 69.0 Å². The highest BCUT2D eigenvalue weighted by Gasteiger charge is 2.48. The normalized spacial score (nSPS) is 19.6. The molecule has 4 heterocycles. The molecule has 2 N–H and O–H groups in total. The molecule has 2 aromatic heterocycles. The molecule has 1 amide bonds. The lowest BCUT2D eigenvalue weighted by atomic mass is 9.90. The fraction of sp³-hybridized carbons (Fsp3) is 0.652. The van der Waals surface area contributed by atoms with Crippen molar-refractivity contribution in [1.29, 1.82) is 0 Å². The van der Waals surface area contributed by atoms with Gasteiger partial charge in [0.25, 0.3) is 0 Å².